The lowest BCUT2D eigenvalue weighted by Gasteiger charge is -2.15. The number of carbonyl (C=O) groups excluding carboxylic acids is 2. The van der Waals surface area contributed by atoms with Crippen molar-refractivity contribution in [2.45, 2.75) is 38.3 Å². The van der Waals surface area contributed by atoms with Crippen LogP contribution in [-0.2, 0) is 14.3 Å². The van der Waals surface area contributed by atoms with Crippen LogP contribution in [0.15, 0.2) is 24.3 Å². The van der Waals surface area contributed by atoms with Gasteiger partial charge in [0, 0.05) is 6.61 Å². The van der Waals surface area contributed by atoms with E-state index in [1.54, 1.807) is 0 Å². The third-order valence-corrected chi connectivity index (χ3v) is 4.18. The van der Waals surface area contributed by atoms with Crippen LogP contribution in [0.1, 0.15) is 24.8 Å². The van der Waals surface area contributed by atoms with Crippen molar-refractivity contribution in [1.82, 2.24) is 0 Å². The second-order valence-corrected chi connectivity index (χ2v) is 5.82. The Bertz CT molecular complexity index is 535. The summed E-state index contributed by atoms with van der Waals surface area (Å²) >= 11 is 0. The molecular weight excluding hydrogens is 268 g/mol. The van der Waals surface area contributed by atoms with Crippen LogP contribution in [0.25, 0.3) is 0 Å². The predicted molar refractivity (Wildman–Crippen MR) is 77.8 cm³/mol. The second kappa shape index (κ2) is 5.95. The van der Waals surface area contributed by atoms with Crippen molar-refractivity contribution >= 4 is 17.5 Å². The summed E-state index contributed by atoms with van der Waals surface area (Å²) in [6.45, 7) is 3.55. The van der Waals surface area contributed by atoms with Crippen LogP contribution in [0.2, 0.25) is 0 Å². The summed E-state index contributed by atoms with van der Waals surface area (Å²) in [6, 6.07) is 7.18. The molecular formula is C16H21N2O3+. The number of rotatable bonds is 4. The number of quaternary nitrogens is 1. The van der Waals surface area contributed by atoms with Crippen molar-refractivity contribution in [1.29, 1.82) is 0 Å². The van der Waals surface area contributed by atoms with Crippen LogP contribution in [0, 0.1) is 6.92 Å². The highest BCUT2D eigenvalue weighted by Gasteiger charge is 2.42. The molecule has 0 aliphatic carbocycles. The molecule has 0 unspecified atom stereocenters. The highest BCUT2D eigenvalue weighted by molar-refractivity contribution is 6.21. The minimum atomic E-state index is -0.303. The monoisotopic (exact) mass is 289 g/mol. The molecule has 2 N–H and O–H groups in total. The fraction of sp³-hybridized carbons (Fsp3) is 0.500. The van der Waals surface area contributed by atoms with Gasteiger partial charge in [0.1, 0.15) is 12.6 Å². The largest absolute Gasteiger partial charge is 0.372 e. The number of benzene rings is 1. The zero-order valence-electron chi connectivity index (χ0n) is 12.2. The molecule has 5 nitrogen and oxygen atoms in total. The summed E-state index contributed by atoms with van der Waals surface area (Å²) in [7, 11) is 0. The molecule has 2 heterocycles. The first kappa shape index (κ1) is 14.2. The quantitative estimate of drug-likeness (QED) is 0.815. The highest BCUT2D eigenvalue weighted by Crippen LogP contribution is 2.22. The highest BCUT2D eigenvalue weighted by atomic mass is 16.5. The Hall–Kier alpha value is -1.72. The van der Waals surface area contributed by atoms with E-state index >= 15 is 0 Å². The average Bonchev–Trinajstić information content (AvgIpc) is 3.07. The van der Waals surface area contributed by atoms with E-state index in [0.717, 1.165) is 31.6 Å². The Kier molecular flexibility index (Phi) is 4.03. The van der Waals surface area contributed by atoms with Gasteiger partial charge in [-0.25, -0.2) is 4.90 Å². The topological polar surface area (TPSA) is 63.2 Å². The molecule has 0 spiro atoms. The lowest BCUT2D eigenvalue weighted by Crippen LogP contribution is -2.93. The summed E-state index contributed by atoms with van der Waals surface area (Å²) in [5.74, 6) is -0.223. The number of hydrogen-bond acceptors (Lipinski definition) is 3. The van der Waals surface area contributed by atoms with Gasteiger partial charge in [0.05, 0.1) is 12.1 Å². The Morgan fingerprint density at radius 2 is 2.05 bits per heavy atom. The number of ether oxygens (including phenoxy) is 1. The van der Waals surface area contributed by atoms with Gasteiger partial charge in [-0.1, -0.05) is 17.7 Å². The van der Waals surface area contributed by atoms with Gasteiger partial charge in [0.15, 0.2) is 6.04 Å². The van der Waals surface area contributed by atoms with Crippen molar-refractivity contribution < 1.29 is 19.6 Å². The molecule has 2 amide bonds. The predicted octanol–water partition coefficient (Wildman–Crippen LogP) is 0.369. The molecule has 2 fully saturated rings. The van der Waals surface area contributed by atoms with E-state index in [-0.39, 0.29) is 30.4 Å². The Labute approximate surface area is 124 Å². The molecule has 112 valence electrons. The third kappa shape index (κ3) is 2.99. The smallest absolute Gasteiger partial charge is 0.292 e. The third-order valence-electron chi connectivity index (χ3n) is 4.18. The van der Waals surface area contributed by atoms with Crippen molar-refractivity contribution in [2.75, 3.05) is 18.1 Å². The summed E-state index contributed by atoms with van der Waals surface area (Å²) in [5, 5.41) is 1.96. The number of imide groups is 1. The van der Waals surface area contributed by atoms with Crippen molar-refractivity contribution in [2.24, 2.45) is 0 Å². The molecule has 2 atom stereocenters. The fourth-order valence-electron chi connectivity index (χ4n) is 2.95. The normalized spacial score (nSPS) is 25.9. The van der Waals surface area contributed by atoms with Gasteiger partial charge in [-0.15, -0.1) is 0 Å². The molecule has 0 radical (unpaired) electrons. The van der Waals surface area contributed by atoms with Crippen molar-refractivity contribution in [3.63, 3.8) is 0 Å². The molecule has 2 saturated heterocycles. The van der Waals surface area contributed by atoms with Crippen LogP contribution < -0.4 is 10.2 Å². The molecule has 0 saturated carbocycles. The minimum absolute atomic E-state index is 0.109. The average molecular weight is 289 g/mol. The number of aryl methyl sites for hydroxylation is 1. The van der Waals surface area contributed by atoms with Crippen LogP contribution >= 0.6 is 0 Å². The first-order chi connectivity index (χ1) is 10.1. The van der Waals surface area contributed by atoms with E-state index in [4.69, 9.17) is 4.74 Å². The minimum Gasteiger partial charge on any atom is -0.372 e. The molecule has 5 heteroatoms. The number of nitrogens with zero attached hydrogens (tertiary/aromatic N) is 1. The van der Waals surface area contributed by atoms with Gasteiger partial charge in [0.2, 0.25) is 5.91 Å². The van der Waals surface area contributed by atoms with E-state index in [1.165, 1.54) is 4.90 Å². The molecule has 1 aromatic rings. The van der Waals surface area contributed by atoms with Crippen LogP contribution in [-0.4, -0.2) is 37.1 Å². The summed E-state index contributed by atoms with van der Waals surface area (Å²) < 4.78 is 5.56. The first-order valence-corrected chi connectivity index (χ1v) is 7.53. The summed E-state index contributed by atoms with van der Waals surface area (Å²) in [6.07, 6.45) is 2.64. The van der Waals surface area contributed by atoms with Gasteiger partial charge in [-0.3, -0.25) is 9.59 Å². The Morgan fingerprint density at radius 3 is 2.71 bits per heavy atom. The number of amides is 2. The van der Waals surface area contributed by atoms with Gasteiger partial charge in [0.25, 0.3) is 5.91 Å². The van der Waals surface area contributed by atoms with Gasteiger partial charge in [-0.2, -0.15) is 0 Å². The maximum absolute atomic E-state index is 12.4. The molecule has 2 aliphatic heterocycles. The maximum Gasteiger partial charge on any atom is 0.292 e. The van der Waals surface area contributed by atoms with Crippen LogP contribution in [0.4, 0.5) is 5.69 Å². The van der Waals surface area contributed by atoms with Crippen LogP contribution in [0.5, 0.6) is 0 Å². The number of anilines is 1. The molecule has 1 aromatic carbocycles. The van der Waals surface area contributed by atoms with E-state index < -0.39 is 0 Å². The van der Waals surface area contributed by atoms with E-state index in [2.05, 4.69) is 0 Å². The standard InChI is InChI=1S/C16H20N2O3/c1-11-4-6-12(7-5-11)18-15(19)9-14(16(18)20)17-10-13-3-2-8-21-13/h4-7,13-14,17H,2-3,8-10H2,1H3/p+1/t13-,14-/m1/s1. The summed E-state index contributed by atoms with van der Waals surface area (Å²) in [5.41, 5.74) is 1.78. The van der Waals surface area contributed by atoms with E-state index in [0.29, 0.717) is 5.69 Å². The molecule has 2 aliphatic rings. The Balaban J connectivity index is 1.65. The number of nitrogens with two attached hydrogens (primary N) is 1. The van der Waals surface area contributed by atoms with Gasteiger partial charge < -0.3 is 10.1 Å². The lowest BCUT2D eigenvalue weighted by atomic mass is 10.2. The van der Waals surface area contributed by atoms with Crippen LogP contribution in [0.3, 0.4) is 0 Å². The van der Waals surface area contributed by atoms with Crippen molar-refractivity contribution in [3.05, 3.63) is 29.8 Å². The molecule has 3 rings (SSSR count). The van der Waals surface area contributed by atoms with Gasteiger partial charge in [-0.05, 0) is 31.9 Å². The second-order valence-electron chi connectivity index (χ2n) is 5.82. The number of carbonyl (C=O) groups is 2. The SMILES string of the molecule is Cc1ccc(N2C(=O)C[C@@H]([NH2+]C[C@H]3CCCO3)C2=O)cc1. The maximum atomic E-state index is 12.4. The number of hydrogen-bond donors (Lipinski definition) is 1. The van der Waals surface area contributed by atoms with E-state index in [9.17, 15) is 9.59 Å². The summed E-state index contributed by atoms with van der Waals surface area (Å²) in [4.78, 5) is 25.9. The lowest BCUT2D eigenvalue weighted by molar-refractivity contribution is -0.680. The fourth-order valence-corrected chi connectivity index (χ4v) is 2.95. The molecule has 21 heavy (non-hydrogen) atoms. The molecule has 0 aromatic heterocycles. The Morgan fingerprint density at radius 1 is 1.29 bits per heavy atom. The van der Waals surface area contributed by atoms with E-state index in [1.807, 2.05) is 36.5 Å². The first-order valence-electron chi connectivity index (χ1n) is 7.53. The van der Waals surface area contributed by atoms with Crippen molar-refractivity contribution in [3.8, 4) is 0 Å². The molecule has 0 bridgehead atoms. The van der Waals surface area contributed by atoms with Gasteiger partial charge >= 0.3 is 0 Å². The zero-order chi connectivity index (χ0) is 14.8. The zero-order valence-corrected chi connectivity index (χ0v) is 12.2.